The molecule has 164 valence electrons. The van der Waals surface area contributed by atoms with Gasteiger partial charge in [0.1, 0.15) is 0 Å². The topological polar surface area (TPSA) is 78.5 Å². The van der Waals surface area contributed by atoms with E-state index in [1.54, 1.807) is 6.07 Å². The summed E-state index contributed by atoms with van der Waals surface area (Å²) in [5, 5.41) is 2.08. The van der Waals surface area contributed by atoms with E-state index in [2.05, 4.69) is 10.0 Å². The minimum Gasteiger partial charge on any atom is -0.378 e. The molecule has 0 spiro atoms. The summed E-state index contributed by atoms with van der Waals surface area (Å²) in [5.41, 5.74) is 1.12. The van der Waals surface area contributed by atoms with E-state index in [-0.39, 0.29) is 13.0 Å². The largest absolute Gasteiger partial charge is 0.417 e. The van der Waals surface area contributed by atoms with Gasteiger partial charge in [-0.05, 0) is 48.9 Å². The number of alkyl halides is 3. The van der Waals surface area contributed by atoms with E-state index in [4.69, 9.17) is 11.6 Å². The predicted molar refractivity (Wildman–Crippen MR) is 110 cm³/mol. The van der Waals surface area contributed by atoms with Gasteiger partial charge in [0, 0.05) is 38.4 Å². The fraction of sp³-hybridized carbons (Fsp3) is 0.316. The third kappa shape index (κ3) is 6.10. The van der Waals surface area contributed by atoms with Crippen molar-refractivity contribution in [3.8, 4) is 0 Å². The van der Waals surface area contributed by atoms with Crippen molar-refractivity contribution in [2.24, 2.45) is 0 Å². The Morgan fingerprint density at radius 2 is 1.80 bits per heavy atom. The molecule has 0 aliphatic heterocycles. The number of anilines is 2. The molecule has 6 nitrogen and oxygen atoms in total. The van der Waals surface area contributed by atoms with Crippen LogP contribution >= 0.6 is 11.6 Å². The number of carbonyl (C=O) groups is 1. The summed E-state index contributed by atoms with van der Waals surface area (Å²) in [6.45, 7) is 1.54. The lowest BCUT2D eigenvalue weighted by molar-refractivity contribution is -0.137. The zero-order chi connectivity index (χ0) is 22.7. The highest BCUT2D eigenvalue weighted by atomic mass is 35.5. The second-order valence-electron chi connectivity index (χ2n) is 6.73. The van der Waals surface area contributed by atoms with Crippen LogP contribution < -0.4 is 14.9 Å². The van der Waals surface area contributed by atoms with Crippen LogP contribution in [0.1, 0.15) is 17.5 Å². The van der Waals surface area contributed by atoms with Crippen molar-refractivity contribution in [3.63, 3.8) is 0 Å². The standard InChI is InChI=1S/C19H21ClF3N3O3S/c1-12-10-13(26(2)3)4-7-17(12)25-18(27)8-9-24-30(28,29)14-5-6-16(20)15(11-14)19(21,22)23/h4-7,10-11,24H,8-9H2,1-3H3,(H,25,27). The van der Waals surface area contributed by atoms with Crippen molar-refractivity contribution in [2.45, 2.75) is 24.4 Å². The number of nitrogens with zero attached hydrogens (tertiary/aromatic N) is 1. The van der Waals surface area contributed by atoms with Crippen LogP contribution in [0, 0.1) is 6.92 Å². The smallest absolute Gasteiger partial charge is 0.378 e. The number of halogens is 4. The van der Waals surface area contributed by atoms with Crippen molar-refractivity contribution < 1.29 is 26.4 Å². The summed E-state index contributed by atoms with van der Waals surface area (Å²) in [4.78, 5) is 13.4. The van der Waals surface area contributed by atoms with Gasteiger partial charge in [0.25, 0.3) is 0 Å². The number of rotatable bonds is 7. The Balaban J connectivity index is 2.00. The molecule has 2 rings (SSSR count). The number of aryl methyl sites for hydroxylation is 1. The Morgan fingerprint density at radius 1 is 1.13 bits per heavy atom. The van der Waals surface area contributed by atoms with Crippen LogP contribution in [-0.4, -0.2) is 35.0 Å². The van der Waals surface area contributed by atoms with Crippen LogP contribution in [0.25, 0.3) is 0 Å². The molecular weight excluding hydrogens is 443 g/mol. The van der Waals surface area contributed by atoms with Crippen molar-refractivity contribution in [1.82, 2.24) is 4.72 Å². The molecule has 11 heteroatoms. The van der Waals surface area contributed by atoms with Gasteiger partial charge in [0.05, 0.1) is 15.5 Å². The number of amides is 1. The lowest BCUT2D eigenvalue weighted by Crippen LogP contribution is -2.28. The van der Waals surface area contributed by atoms with Gasteiger partial charge < -0.3 is 10.2 Å². The van der Waals surface area contributed by atoms with Crippen molar-refractivity contribution in [1.29, 1.82) is 0 Å². The molecule has 30 heavy (non-hydrogen) atoms. The number of benzene rings is 2. The molecule has 0 radical (unpaired) electrons. The van der Waals surface area contributed by atoms with Gasteiger partial charge in [-0.15, -0.1) is 0 Å². The van der Waals surface area contributed by atoms with Gasteiger partial charge >= 0.3 is 6.18 Å². The SMILES string of the molecule is Cc1cc(N(C)C)ccc1NC(=O)CCNS(=O)(=O)c1ccc(Cl)c(C(F)(F)F)c1. The molecule has 0 saturated carbocycles. The molecule has 1 amide bonds. The average Bonchev–Trinajstić information content (AvgIpc) is 2.62. The predicted octanol–water partition coefficient (Wildman–Crippen LogP) is 4.04. The van der Waals surface area contributed by atoms with E-state index in [1.165, 1.54) is 0 Å². The van der Waals surface area contributed by atoms with Crippen molar-refractivity contribution in [2.75, 3.05) is 30.9 Å². The molecule has 0 fully saturated rings. The van der Waals surface area contributed by atoms with Crippen LogP contribution in [0.5, 0.6) is 0 Å². The highest BCUT2D eigenvalue weighted by Crippen LogP contribution is 2.35. The number of hydrogen-bond acceptors (Lipinski definition) is 4. The van der Waals surface area contributed by atoms with E-state index in [0.29, 0.717) is 11.8 Å². The molecular formula is C19H21ClF3N3O3S. The first-order valence-corrected chi connectivity index (χ1v) is 10.6. The van der Waals surface area contributed by atoms with Gasteiger partial charge in [0.15, 0.2) is 0 Å². The summed E-state index contributed by atoms with van der Waals surface area (Å²) >= 11 is 5.50. The van der Waals surface area contributed by atoms with E-state index in [9.17, 15) is 26.4 Å². The van der Waals surface area contributed by atoms with E-state index in [0.717, 1.165) is 23.4 Å². The second-order valence-corrected chi connectivity index (χ2v) is 8.90. The summed E-state index contributed by atoms with van der Waals surface area (Å²) in [5.74, 6) is -0.439. The Hall–Kier alpha value is -2.30. The lowest BCUT2D eigenvalue weighted by Gasteiger charge is -2.15. The van der Waals surface area contributed by atoms with Crippen LogP contribution in [0.15, 0.2) is 41.3 Å². The molecule has 0 aliphatic rings. The Morgan fingerprint density at radius 3 is 2.37 bits per heavy atom. The zero-order valence-electron chi connectivity index (χ0n) is 16.5. The van der Waals surface area contributed by atoms with Gasteiger partial charge in [-0.2, -0.15) is 13.2 Å². The highest BCUT2D eigenvalue weighted by molar-refractivity contribution is 7.89. The first kappa shape index (κ1) is 24.0. The molecule has 0 saturated heterocycles. The third-order valence-corrected chi connectivity index (χ3v) is 5.99. The van der Waals surface area contributed by atoms with Crippen LogP contribution in [0.3, 0.4) is 0 Å². The minimum absolute atomic E-state index is 0.201. The van der Waals surface area contributed by atoms with Crippen LogP contribution in [-0.2, 0) is 21.0 Å². The van der Waals surface area contributed by atoms with E-state index >= 15 is 0 Å². The quantitative estimate of drug-likeness (QED) is 0.649. The first-order valence-electron chi connectivity index (χ1n) is 8.75. The van der Waals surface area contributed by atoms with Gasteiger partial charge in [0.2, 0.25) is 15.9 Å². The fourth-order valence-corrected chi connectivity index (χ4v) is 3.83. The monoisotopic (exact) mass is 463 g/mol. The maximum absolute atomic E-state index is 12.9. The second kappa shape index (κ2) is 9.23. The van der Waals surface area contributed by atoms with Gasteiger partial charge in [-0.25, -0.2) is 13.1 Å². The fourth-order valence-electron chi connectivity index (χ4n) is 2.55. The van der Waals surface area contributed by atoms with E-state index < -0.39 is 37.6 Å². The molecule has 0 unspecified atom stereocenters. The van der Waals surface area contributed by atoms with Gasteiger partial charge in [-0.1, -0.05) is 11.6 Å². The molecule has 0 atom stereocenters. The number of hydrogen-bond donors (Lipinski definition) is 2. The summed E-state index contributed by atoms with van der Waals surface area (Å²) < 4.78 is 65.4. The molecule has 0 heterocycles. The molecule has 0 bridgehead atoms. The molecule has 2 aromatic carbocycles. The minimum atomic E-state index is -4.79. The average molecular weight is 464 g/mol. The Labute approximate surface area is 178 Å². The summed E-state index contributed by atoms with van der Waals surface area (Å²) in [6.07, 6.45) is -4.99. The Kier molecular flexibility index (Phi) is 7.38. The molecule has 0 aromatic heterocycles. The summed E-state index contributed by atoms with van der Waals surface area (Å²) in [7, 11) is -0.473. The molecule has 2 aromatic rings. The van der Waals surface area contributed by atoms with Gasteiger partial charge in [-0.3, -0.25) is 4.79 Å². The maximum atomic E-state index is 12.9. The number of nitrogens with one attached hydrogen (secondary N) is 2. The summed E-state index contributed by atoms with van der Waals surface area (Å²) in [6, 6.07) is 7.74. The zero-order valence-corrected chi connectivity index (χ0v) is 18.0. The van der Waals surface area contributed by atoms with Crippen LogP contribution in [0.2, 0.25) is 5.02 Å². The third-order valence-electron chi connectivity index (χ3n) is 4.20. The highest BCUT2D eigenvalue weighted by Gasteiger charge is 2.34. The Bertz CT molecular complexity index is 1040. The number of sulfonamides is 1. The number of carbonyl (C=O) groups excluding carboxylic acids is 1. The lowest BCUT2D eigenvalue weighted by atomic mass is 10.1. The van der Waals surface area contributed by atoms with Crippen molar-refractivity contribution >= 4 is 38.9 Å². The van der Waals surface area contributed by atoms with E-state index in [1.807, 2.05) is 38.1 Å². The normalized spacial score (nSPS) is 12.0. The molecule has 2 N–H and O–H groups in total. The maximum Gasteiger partial charge on any atom is 0.417 e. The molecule has 0 aliphatic carbocycles. The van der Waals surface area contributed by atoms with Crippen molar-refractivity contribution in [3.05, 3.63) is 52.5 Å². The van der Waals surface area contributed by atoms with Crippen LogP contribution in [0.4, 0.5) is 24.5 Å². The first-order chi connectivity index (χ1) is 13.8.